The van der Waals surface area contributed by atoms with E-state index < -0.39 is 11.4 Å². The second-order valence-electron chi connectivity index (χ2n) is 14.3. The van der Waals surface area contributed by atoms with E-state index in [4.69, 9.17) is 19.4 Å². The summed E-state index contributed by atoms with van der Waals surface area (Å²) >= 11 is 0. The highest BCUT2D eigenvalue weighted by Gasteiger charge is 2.40. The van der Waals surface area contributed by atoms with Gasteiger partial charge in [0.15, 0.2) is 11.4 Å². The standard InChI is InChI=1S/C41H42N8O4/c1-23(21-50)43-18-28-16-34-36(44-19-28)38(46-26(4)45-34)47-33-11-7-9-31(25(33)3)30-8-6-10-32(24(30)2)39-48-35-15-27(14-29(17-42)37(35)53-39)20-49-13-12-41(5,22-49)40(51)52/h6-11,14-16,19,23,43,50H,12-13,18,20-22H2,1-5H3,(H,51,52)(H,45,46,47). The van der Waals surface area contributed by atoms with Gasteiger partial charge in [0.2, 0.25) is 5.89 Å². The van der Waals surface area contributed by atoms with Gasteiger partial charge in [-0.05, 0) is 111 Å². The lowest BCUT2D eigenvalue weighted by Crippen LogP contribution is -2.31. The van der Waals surface area contributed by atoms with Gasteiger partial charge >= 0.3 is 5.97 Å². The van der Waals surface area contributed by atoms with Crippen molar-refractivity contribution in [1.82, 2.24) is 30.2 Å². The highest BCUT2D eigenvalue weighted by atomic mass is 16.4. The Hall–Kier alpha value is -5.74. The molecule has 7 rings (SSSR count). The van der Waals surface area contributed by atoms with Gasteiger partial charge in [-0.2, -0.15) is 5.26 Å². The first-order valence-corrected chi connectivity index (χ1v) is 17.7. The van der Waals surface area contributed by atoms with Crippen LogP contribution in [0.5, 0.6) is 0 Å². The van der Waals surface area contributed by atoms with E-state index in [2.05, 4.69) is 45.6 Å². The van der Waals surface area contributed by atoms with Crippen LogP contribution in [0.4, 0.5) is 11.5 Å². The Morgan fingerprint density at radius 2 is 1.75 bits per heavy atom. The zero-order chi connectivity index (χ0) is 37.4. The van der Waals surface area contributed by atoms with Crippen LogP contribution in [0.25, 0.3) is 44.7 Å². The molecule has 0 saturated carbocycles. The normalized spacial score (nSPS) is 16.6. The second kappa shape index (κ2) is 14.4. The first-order chi connectivity index (χ1) is 25.5. The zero-order valence-electron chi connectivity index (χ0n) is 30.5. The van der Waals surface area contributed by atoms with Gasteiger partial charge in [-0.15, -0.1) is 0 Å². The van der Waals surface area contributed by atoms with Crippen molar-refractivity contribution >= 4 is 39.6 Å². The summed E-state index contributed by atoms with van der Waals surface area (Å²) in [6, 6.07) is 20.1. The third-order valence-electron chi connectivity index (χ3n) is 10.2. The molecular weight excluding hydrogens is 669 g/mol. The Morgan fingerprint density at radius 1 is 1.02 bits per heavy atom. The summed E-state index contributed by atoms with van der Waals surface area (Å²) < 4.78 is 6.29. The molecule has 53 heavy (non-hydrogen) atoms. The van der Waals surface area contributed by atoms with Crippen molar-refractivity contribution in [2.24, 2.45) is 5.41 Å². The number of carbonyl (C=O) groups is 1. The number of likely N-dealkylation sites (tertiary alicyclic amines) is 1. The quantitative estimate of drug-likeness (QED) is 0.111. The van der Waals surface area contributed by atoms with Gasteiger partial charge in [-0.25, -0.2) is 15.0 Å². The summed E-state index contributed by atoms with van der Waals surface area (Å²) in [6.07, 6.45) is 2.38. The Morgan fingerprint density at radius 3 is 2.49 bits per heavy atom. The van der Waals surface area contributed by atoms with E-state index in [9.17, 15) is 20.3 Å². The van der Waals surface area contributed by atoms with Gasteiger partial charge < -0.3 is 25.3 Å². The molecule has 2 atom stereocenters. The molecule has 0 aliphatic carbocycles. The van der Waals surface area contributed by atoms with E-state index in [-0.39, 0.29) is 12.6 Å². The number of aryl methyl sites for hydroxylation is 1. The van der Waals surface area contributed by atoms with Crippen molar-refractivity contribution in [2.75, 3.05) is 25.0 Å². The minimum Gasteiger partial charge on any atom is -0.481 e. The maximum absolute atomic E-state index is 11.8. The van der Waals surface area contributed by atoms with Crippen LogP contribution in [0.2, 0.25) is 0 Å². The van der Waals surface area contributed by atoms with Crippen LogP contribution < -0.4 is 10.6 Å². The number of carboxylic acid groups (broad SMARTS) is 1. The number of aliphatic hydroxyl groups excluding tert-OH is 1. The molecular formula is C41H42N8O4. The number of nitriles is 1. The number of hydrogen-bond acceptors (Lipinski definition) is 11. The molecule has 3 aromatic heterocycles. The Kier molecular flexibility index (Phi) is 9.65. The number of aliphatic hydroxyl groups is 1. The van der Waals surface area contributed by atoms with E-state index in [1.54, 1.807) is 13.1 Å². The summed E-state index contributed by atoms with van der Waals surface area (Å²) in [7, 11) is 0. The molecule has 3 aromatic carbocycles. The molecule has 1 fully saturated rings. The van der Waals surface area contributed by atoms with Crippen LogP contribution in [0, 0.1) is 37.5 Å². The molecule has 270 valence electrons. The van der Waals surface area contributed by atoms with Crippen molar-refractivity contribution in [3.05, 3.63) is 94.4 Å². The average Bonchev–Trinajstić information content (AvgIpc) is 3.75. The fourth-order valence-electron chi connectivity index (χ4n) is 7.07. The number of oxazole rings is 1. The summed E-state index contributed by atoms with van der Waals surface area (Å²) in [5.41, 5.74) is 9.62. The molecule has 2 unspecified atom stereocenters. The van der Waals surface area contributed by atoms with Gasteiger partial charge in [0.25, 0.3) is 0 Å². The van der Waals surface area contributed by atoms with E-state index in [0.717, 1.165) is 50.1 Å². The molecule has 1 aliphatic heterocycles. The summed E-state index contributed by atoms with van der Waals surface area (Å²) in [4.78, 5) is 32.8. The lowest BCUT2D eigenvalue weighted by molar-refractivity contribution is -0.147. The van der Waals surface area contributed by atoms with E-state index in [1.165, 1.54) is 0 Å². The number of aromatic nitrogens is 4. The fourth-order valence-corrected chi connectivity index (χ4v) is 7.07. The molecule has 4 heterocycles. The molecule has 12 heteroatoms. The van der Waals surface area contributed by atoms with Crippen LogP contribution >= 0.6 is 0 Å². The first-order valence-electron chi connectivity index (χ1n) is 17.7. The highest BCUT2D eigenvalue weighted by Crippen LogP contribution is 2.38. The minimum atomic E-state index is -0.787. The molecule has 12 nitrogen and oxygen atoms in total. The molecule has 6 aromatic rings. The third-order valence-corrected chi connectivity index (χ3v) is 10.2. The molecule has 0 amide bonds. The summed E-state index contributed by atoms with van der Waals surface area (Å²) in [6.45, 7) is 11.9. The lowest BCUT2D eigenvalue weighted by Gasteiger charge is -2.20. The van der Waals surface area contributed by atoms with E-state index >= 15 is 0 Å². The number of benzene rings is 3. The number of hydrogen-bond donors (Lipinski definition) is 4. The number of fused-ring (bicyclic) bond motifs is 2. The van der Waals surface area contributed by atoms with Crippen molar-refractivity contribution < 1.29 is 19.4 Å². The third kappa shape index (κ3) is 7.06. The maximum atomic E-state index is 11.8. The average molecular weight is 711 g/mol. The Labute approximate surface area is 307 Å². The number of nitrogens with zero attached hydrogens (tertiary/aromatic N) is 6. The van der Waals surface area contributed by atoms with Gasteiger partial charge in [-0.3, -0.25) is 14.7 Å². The largest absolute Gasteiger partial charge is 0.481 e. The molecule has 0 bridgehead atoms. The molecule has 1 saturated heterocycles. The second-order valence-corrected chi connectivity index (χ2v) is 14.3. The van der Waals surface area contributed by atoms with Gasteiger partial charge in [0, 0.05) is 43.1 Å². The van der Waals surface area contributed by atoms with Gasteiger partial charge in [-0.1, -0.05) is 24.3 Å². The number of aliphatic carboxylic acids is 1. The highest BCUT2D eigenvalue weighted by molar-refractivity contribution is 5.90. The topological polar surface area (TPSA) is 173 Å². The van der Waals surface area contributed by atoms with Crippen molar-refractivity contribution in [1.29, 1.82) is 5.26 Å². The smallest absolute Gasteiger partial charge is 0.310 e. The number of carboxylic acids is 1. The monoisotopic (exact) mass is 710 g/mol. The molecule has 1 aliphatic rings. The SMILES string of the molecule is Cc1nc(Nc2cccc(-c3cccc(-c4nc5cc(CN6CCC(C)(C(=O)O)C6)cc(C#N)c5o4)c3C)c2C)c2ncc(CNC(C)CO)cc2n1. The predicted molar refractivity (Wildman–Crippen MR) is 203 cm³/mol. The van der Waals surface area contributed by atoms with Crippen LogP contribution in [0.1, 0.15) is 53.9 Å². The summed E-state index contributed by atoms with van der Waals surface area (Å²) in [5.74, 6) is 0.871. The number of rotatable bonds is 11. The fraction of sp³-hybridized carbons (Fsp3) is 0.317. The molecule has 4 N–H and O–H groups in total. The van der Waals surface area contributed by atoms with Crippen molar-refractivity contribution in [3.63, 3.8) is 0 Å². The van der Waals surface area contributed by atoms with Crippen LogP contribution in [-0.4, -0.2) is 66.8 Å². The number of nitrogens with one attached hydrogen (secondary N) is 2. The zero-order valence-corrected chi connectivity index (χ0v) is 30.5. The van der Waals surface area contributed by atoms with Gasteiger partial charge in [0.05, 0.1) is 23.1 Å². The maximum Gasteiger partial charge on any atom is 0.310 e. The van der Waals surface area contributed by atoms with E-state index in [1.807, 2.05) is 63.2 Å². The van der Waals surface area contributed by atoms with Crippen LogP contribution in [-0.2, 0) is 17.9 Å². The van der Waals surface area contributed by atoms with Gasteiger partial charge in [0.1, 0.15) is 22.9 Å². The van der Waals surface area contributed by atoms with Crippen LogP contribution in [0.15, 0.2) is 65.2 Å². The van der Waals surface area contributed by atoms with E-state index in [0.29, 0.717) is 72.3 Å². The minimum absolute atomic E-state index is 0.0269. The van der Waals surface area contributed by atoms with Crippen LogP contribution in [0.3, 0.4) is 0 Å². The van der Waals surface area contributed by atoms with Crippen molar-refractivity contribution in [2.45, 2.75) is 60.2 Å². The molecule has 0 radical (unpaired) electrons. The Bertz CT molecular complexity index is 2420. The Balaban J connectivity index is 1.18. The number of pyridine rings is 1. The molecule has 0 spiro atoms. The summed E-state index contributed by atoms with van der Waals surface area (Å²) in [5, 5.41) is 35.9. The predicted octanol–water partition coefficient (Wildman–Crippen LogP) is 6.81. The van der Waals surface area contributed by atoms with Crippen molar-refractivity contribution in [3.8, 4) is 28.7 Å². The first kappa shape index (κ1) is 35.7. The number of anilines is 2. The lowest BCUT2D eigenvalue weighted by atomic mass is 9.90.